The molecule has 1 heterocycles. The largest absolute Gasteiger partial charge is 0.377 e. The Morgan fingerprint density at radius 1 is 1.42 bits per heavy atom. The average molecular weight is 283 g/mol. The Balaban J connectivity index is 2.20. The summed E-state index contributed by atoms with van der Waals surface area (Å²) in [6, 6.07) is 7.54. The molecule has 0 aliphatic carbocycles. The molecule has 1 aliphatic heterocycles. The second kappa shape index (κ2) is 5.49. The number of hydrogen-bond acceptors (Lipinski definition) is 3. The smallest absolute Gasteiger partial charge is 0.238 e. The highest BCUT2D eigenvalue weighted by atomic mass is 35.5. The number of nitrogens with zero attached hydrogens (tertiary/aromatic N) is 1. The normalized spacial score (nSPS) is 20.1. The number of benzene rings is 1. The maximum Gasteiger partial charge on any atom is 0.238 e. The lowest BCUT2D eigenvalue weighted by Crippen LogP contribution is -2.42. The van der Waals surface area contributed by atoms with Crippen LogP contribution in [0, 0.1) is 0 Å². The first-order chi connectivity index (χ1) is 8.93. The molecule has 1 atom stereocenters. The SMILES string of the molecule is COC(C)(C)CN1C(=O)CNC1c1ccc(Cl)cc1. The predicted octanol–water partition coefficient (Wildman–Crippen LogP) is 2.20. The predicted molar refractivity (Wildman–Crippen MR) is 75.0 cm³/mol. The molecule has 1 saturated heterocycles. The van der Waals surface area contributed by atoms with E-state index in [1.165, 1.54) is 0 Å². The molecule has 19 heavy (non-hydrogen) atoms. The van der Waals surface area contributed by atoms with E-state index >= 15 is 0 Å². The van der Waals surface area contributed by atoms with Crippen molar-refractivity contribution in [2.45, 2.75) is 25.6 Å². The van der Waals surface area contributed by atoms with E-state index in [0.717, 1.165) is 5.56 Å². The summed E-state index contributed by atoms with van der Waals surface area (Å²) in [6.07, 6.45) is -0.112. The Hall–Kier alpha value is -1.10. The fraction of sp³-hybridized carbons (Fsp3) is 0.500. The van der Waals surface area contributed by atoms with Gasteiger partial charge >= 0.3 is 0 Å². The molecule has 4 nitrogen and oxygen atoms in total. The van der Waals surface area contributed by atoms with Crippen LogP contribution in [0.4, 0.5) is 0 Å². The minimum absolute atomic E-state index is 0.0880. The molecule has 1 aliphatic rings. The summed E-state index contributed by atoms with van der Waals surface area (Å²) < 4.78 is 5.41. The van der Waals surface area contributed by atoms with Crippen molar-refractivity contribution >= 4 is 17.5 Å². The number of methoxy groups -OCH3 is 1. The third-order valence-electron chi connectivity index (χ3n) is 3.37. The van der Waals surface area contributed by atoms with Crippen LogP contribution < -0.4 is 5.32 Å². The molecule has 0 bridgehead atoms. The van der Waals surface area contributed by atoms with E-state index in [2.05, 4.69) is 5.32 Å². The van der Waals surface area contributed by atoms with Crippen molar-refractivity contribution in [2.75, 3.05) is 20.2 Å². The summed E-state index contributed by atoms with van der Waals surface area (Å²) in [4.78, 5) is 13.8. The number of nitrogens with one attached hydrogen (secondary N) is 1. The first kappa shape index (κ1) is 14.3. The molecule has 0 spiro atoms. The summed E-state index contributed by atoms with van der Waals surface area (Å²) in [5.41, 5.74) is 0.661. The number of carbonyl (C=O) groups excluding carboxylic acids is 1. The van der Waals surface area contributed by atoms with Crippen molar-refractivity contribution in [1.29, 1.82) is 0 Å². The first-order valence-electron chi connectivity index (χ1n) is 6.26. The standard InChI is InChI=1S/C14H19ClN2O2/c1-14(2,19-3)9-17-12(18)8-16-13(17)10-4-6-11(15)7-5-10/h4-7,13,16H,8-9H2,1-3H3. The van der Waals surface area contributed by atoms with Crippen molar-refractivity contribution in [3.05, 3.63) is 34.9 Å². The van der Waals surface area contributed by atoms with E-state index in [-0.39, 0.29) is 17.7 Å². The minimum Gasteiger partial charge on any atom is -0.377 e. The van der Waals surface area contributed by atoms with Gasteiger partial charge in [-0.25, -0.2) is 0 Å². The van der Waals surface area contributed by atoms with E-state index in [9.17, 15) is 4.79 Å². The number of halogens is 1. The van der Waals surface area contributed by atoms with Gasteiger partial charge in [0.2, 0.25) is 5.91 Å². The van der Waals surface area contributed by atoms with Gasteiger partial charge in [-0.05, 0) is 31.5 Å². The van der Waals surface area contributed by atoms with Crippen LogP contribution in [0.3, 0.4) is 0 Å². The molecular weight excluding hydrogens is 264 g/mol. The second-order valence-electron chi connectivity index (χ2n) is 5.32. The number of amides is 1. The lowest BCUT2D eigenvalue weighted by Gasteiger charge is -2.32. The third-order valence-corrected chi connectivity index (χ3v) is 3.62. The van der Waals surface area contributed by atoms with E-state index in [1.54, 1.807) is 7.11 Å². The zero-order valence-electron chi connectivity index (χ0n) is 11.4. The van der Waals surface area contributed by atoms with Crippen molar-refractivity contribution in [3.63, 3.8) is 0 Å². The van der Waals surface area contributed by atoms with Crippen LogP contribution in [0.5, 0.6) is 0 Å². The van der Waals surface area contributed by atoms with Gasteiger partial charge < -0.3 is 9.64 Å². The van der Waals surface area contributed by atoms with Crippen LogP contribution in [-0.4, -0.2) is 36.6 Å². The number of ether oxygens (including phenoxy) is 1. The van der Waals surface area contributed by atoms with Gasteiger partial charge in [0, 0.05) is 12.1 Å². The molecule has 0 saturated carbocycles. The fourth-order valence-electron chi connectivity index (χ4n) is 2.14. The van der Waals surface area contributed by atoms with Crippen LogP contribution in [0.2, 0.25) is 5.02 Å². The maximum absolute atomic E-state index is 12.0. The summed E-state index contributed by atoms with van der Waals surface area (Å²) in [5, 5.41) is 3.91. The Bertz CT molecular complexity index is 459. The van der Waals surface area contributed by atoms with Gasteiger partial charge in [0.05, 0.1) is 18.7 Å². The number of rotatable bonds is 4. The first-order valence-corrected chi connectivity index (χ1v) is 6.64. The molecule has 0 radical (unpaired) electrons. The summed E-state index contributed by atoms with van der Waals surface area (Å²) in [6.45, 7) is 4.84. The Morgan fingerprint density at radius 2 is 2.05 bits per heavy atom. The Morgan fingerprint density at radius 3 is 2.63 bits per heavy atom. The van der Waals surface area contributed by atoms with Gasteiger partial charge in [-0.3, -0.25) is 10.1 Å². The number of hydrogen-bond donors (Lipinski definition) is 1. The third kappa shape index (κ3) is 3.26. The van der Waals surface area contributed by atoms with E-state index < -0.39 is 0 Å². The van der Waals surface area contributed by atoms with Crippen molar-refractivity contribution in [1.82, 2.24) is 10.2 Å². The van der Waals surface area contributed by atoms with Gasteiger partial charge in [0.15, 0.2) is 0 Å². The van der Waals surface area contributed by atoms with E-state index in [1.807, 2.05) is 43.0 Å². The van der Waals surface area contributed by atoms with Crippen LogP contribution in [-0.2, 0) is 9.53 Å². The second-order valence-corrected chi connectivity index (χ2v) is 5.76. The lowest BCUT2D eigenvalue weighted by molar-refractivity contribution is -0.131. The van der Waals surface area contributed by atoms with Gasteiger partial charge in [0.1, 0.15) is 6.17 Å². The van der Waals surface area contributed by atoms with Gasteiger partial charge in [-0.15, -0.1) is 0 Å². The van der Waals surface area contributed by atoms with Gasteiger partial charge in [0.25, 0.3) is 0 Å². The number of carbonyl (C=O) groups is 1. The summed E-state index contributed by atoms with van der Waals surface area (Å²) in [7, 11) is 1.66. The van der Waals surface area contributed by atoms with Crippen LogP contribution >= 0.6 is 11.6 Å². The van der Waals surface area contributed by atoms with E-state index in [0.29, 0.717) is 18.1 Å². The van der Waals surface area contributed by atoms with Gasteiger partial charge in [-0.2, -0.15) is 0 Å². The van der Waals surface area contributed by atoms with Crippen LogP contribution in [0.15, 0.2) is 24.3 Å². The fourth-order valence-corrected chi connectivity index (χ4v) is 2.26. The average Bonchev–Trinajstić information content (AvgIpc) is 2.72. The zero-order chi connectivity index (χ0) is 14.0. The Kier molecular flexibility index (Phi) is 4.13. The maximum atomic E-state index is 12.0. The highest BCUT2D eigenvalue weighted by Gasteiger charge is 2.35. The van der Waals surface area contributed by atoms with Crippen LogP contribution in [0.25, 0.3) is 0 Å². The molecule has 1 unspecified atom stereocenters. The van der Waals surface area contributed by atoms with Crippen molar-refractivity contribution in [3.8, 4) is 0 Å². The summed E-state index contributed by atoms with van der Waals surface area (Å²) in [5.74, 6) is 0.0880. The van der Waals surface area contributed by atoms with Crippen molar-refractivity contribution in [2.24, 2.45) is 0 Å². The molecule has 2 rings (SSSR count). The summed E-state index contributed by atoms with van der Waals surface area (Å²) >= 11 is 5.89. The Labute approximate surface area is 118 Å². The molecule has 1 aromatic carbocycles. The molecular formula is C14H19ClN2O2. The molecule has 5 heteroatoms. The molecule has 104 valence electrons. The quantitative estimate of drug-likeness (QED) is 0.920. The molecule has 0 aromatic heterocycles. The van der Waals surface area contributed by atoms with Crippen LogP contribution in [0.1, 0.15) is 25.6 Å². The zero-order valence-corrected chi connectivity index (χ0v) is 12.2. The monoisotopic (exact) mass is 282 g/mol. The van der Waals surface area contributed by atoms with E-state index in [4.69, 9.17) is 16.3 Å². The molecule has 1 amide bonds. The highest BCUT2D eigenvalue weighted by molar-refractivity contribution is 6.30. The lowest BCUT2D eigenvalue weighted by atomic mass is 10.1. The van der Waals surface area contributed by atoms with Gasteiger partial charge in [-0.1, -0.05) is 23.7 Å². The molecule has 1 fully saturated rings. The van der Waals surface area contributed by atoms with Crippen molar-refractivity contribution < 1.29 is 9.53 Å². The topological polar surface area (TPSA) is 41.6 Å². The minimum atomic E-state index is -0.369. The molecule has 1 N–H and O–H groups in total. The molecule has 1 aromatic rings. The highest BCUT2D eigenvalue weighted by Crippen LogP contribution is 2.26.